The van der Waals surface area contributed by atoms with Crippen LogP contribution < -0.4 is 26.0 Å². The highest BCUT2D eigenvalue weighted by Gasteiger charge is 2.24. The van der Waals surface area contributed by atoms with Crippen molar-refractivity contribution in [2.75, 3.05) is 71.7 Å². The van der Waals surface area contributed by atoms with E-state index in [9.17, 15) is 52.2 Å². The number of sulfonamides is 1. The fourth-order valence-electron chi connectivity index (χ4n) is 3.94. The Kier molecular flexibility index (Phi) is 26.5. The van der Waals surface area contributed by atoms with Crippen LogP contribution in [0.3, 0.4) is 0 Å². The lowest BCUT2D eigenvalue weighted by molar-refractivity contribution is -0.144. The SMILES string of the molecule is CCCC(=O)NS(=O)(=O)CCCC(=O)NCCOCCOCC(=O)NC(CCC(=O)NC(CCC(=O)NCCOCCOCC)C(=O)O)C(=O)O. The van der Waals surface area contributed by atoms with Crippen molar-refractivity contribution in [3.63, 3.8) is 0 Å². The van der Waals surface area contributed by atoms with Gasteiger partial charge in [0, 0.05) is 45.4 Å². The standard InChI is InChI=1S/C30H53N5O15S/c1-3-6-27(39)35-51(45,46)20-5-7-24(36)31-12-14-49-18-19-50-21-28(40)34-23(30(43)44)9-11-26(38)33-22(29(41)42)8-10-25(37)32-13-15-48-17-16-47-4-2/h22-23H,3-21H2,1-2H3,(H,31,36)(H,32,37)(H,33,38)(H,34,40)(H,35,39)(H,41,42)(H,43,44). The summed E-state index contributed by atoms with van der Waals surface area (Å²) in [6.45, 7) is 5.11. The van der Waals surface area contributed by atoms with E-state index in [4.69, 9.17) is 18.9 Å². The van der Waals surface area contributed by atoms with Crippen molar-refractivity contribution in [2.24, 2.45) is 0 Å². The van der Waals surface area contributed by atoms with Gasteiger partial charge in [-0.3, -0.25) is 28.7 Å². The molecule has 0 radical (unpaired) electrons. The number of rotatable bonds is 32. The van der Waals surface area contributed by atoms with Gasteiger partial charge in [-0.05, 0) is 32.6 Å². The van der Waals surface area contributed by atoms with Gasteiger partial charge in [0.1, 0.15) is 18.7 Å². The van der Waals surface area contributed by atoms with E-state index in [1.54, 1.807) is 6.92 Å². The lowest BCUT2D eigenvalue weighted by Gasteiger charge is -2.17. The number of carbonyl (C=O) groups is 7. The van der Waals surface area contributed by atoms with E-state index in [-0.39, 0.29) is 83.8 Å². The highest BCUT2D eigenvalue weighted by atomic mass is 32.2. The molecule has 7 N–H and O–H groups in total. The normalized spacial score (nSPS) is 12.3. The summed E-state index contributed by atoms with van der Waals surface area (Å²) in [5.74, 6) is -6.16. The summed E-state index contributed by atoms with van der Waals surface area (Å²) >= 11 is 0. The zero-order valence-corrected chi connectivity index (χ0v) is 30.0. The van der Waals surface area contributed by atoms with Crippen molar-refractivity contribution >= 4 is 51.5 Å². The number of carboxylic acids is 2. The van der Waals surface area contributed by atoms with Crippen molar-refractivity contribution in [2.45, 2.75) is 77.3 Å². The maximum atomic E-state index is 12.3. The smallest absolute Gasteiger partial charge is 0.326 e. The highest BCUT2D eigenvalue weighted by molar-refractivity contribution is 7.90. The average Bonchev–Trinajstić information content (AvgIpc) is 3.05. The Labute approximate surface area is 297 Å². The van der Waals surface area contributed by atoms with Crippen LogP contribution in [0.5, 0.6) is 0 Å². The van der Waals surface area contributed by atoms with Gasteiger partial charge >= 0.3 is 11.9 Å². The first kappa shape index (κ1) is 47.1. The van der Waals surface area contributed by atoms with Gasteiger partial charge < -0.3 is 50.4 Å². The largest absolute Gasteiger partial charge is 0.480 e. The number of aliphatic carboxylic acids is 2. The maximum Gasteiger partial charge on any atom is 0.326 e. The fraction of sp³-hybridized carbons (Fsp3) is 0.767. The van der Waals surface area contributed by atoms with Crippen molar-refractivity contribution in [1.29, 1.82) is 0 Å². The minimum Gasteiger partial charge on any atom is -0.480 e. The van der Waals surface area contributed by atoms with Crippen molar-refractivity contribution in [3.8, 4) is 0 Å². The summed E-state index contributed by atoms with van der Waals surface area (Å²) in [5.41, 5.74) is 0. The van der Waals surface area contributed by atoms with E-state index < -0.39 is 76.6 Å². The molecule has 2 atom stereocenters. The molecular formula is C30H53N5O15S. The van der Waals surface area contributed by atoms with Gasteiger partial charge in [-0.15, -0.1) is 0 Å². The predicted molar refractivity (Wildman–Crippen MR) is 179 cm³/mol. The molecule has 2 unspecified atom stereocenters. The third-order valence-electron chi connectivity index (χ3n) is 6.47. The molecule has 0 fully saturated rings. The first-order valence-corrected chi connectivity index (χ1v) is 18.3. The number of carbonyl (C=O) groups excluding carboxylic acids is 5. The monoisotopic (exact) mass is 755 g/mol. The Balaban J connectivity index is 4.20. The van der Waals surface area contributed by atoms with Crippen LogP contribution in [-0.4, -0.2) is 144 Å². The molecule has 20 nitrogen and oxygen atoms in total. The van der Waals surface area contributed by atoms with Crippen LogP contribution in [0.4, 0.5) is 0 Å². The maximum absolute atomic E-state index is 12.3. The summed E-state index contributed by atoms with van der Waals surface area (Å²) < 4.78 is 46.3. The van der Waals surface area contributed by atoms with E-state index in [2.05, 4.69) is 21.3 Å². The second-order valence-corrected chi connectivity index (χ2v) is 12.7. The molecular weight excluding hydrogens is 702 g/mol. The first-order valence-electron chi connectivity index (χ1n) is 16.6. The number of amides is 5. The van der Waals surface area contributed by atoms with Crippen LogP contribution >= 0.6 is 0 Å². The number of ether oxygens (including phenoxy) is 4. The quantitative estimate of drug-likeness (QED) is 0.0367. The molecule has 0 saturated heterocycles. The number of hydrogen-bond donors (Lipinski definition) is 7. The second-order valence-electron chi connectivity index (χ2n) is 10.9. The van der Waals surface area contributed by atoms with Gasteiger partial charge in [0.25, 0.3) is 0 Å². The van der Waals surface area contributed by atoms with Gasteiger partial charge in [0.15, 0.2) is 0 Å². The van der Waals surface area contributed by atoms with Crippen molar-refractivity contribution in [3.05, 3.63) is 0 Å². The van der Waals surface area contributed by atoms with Crippen LogP contribution in [-0.2, 0) is 62.5 Å². The van der Waals surface area contributed by atoms with Gasteiger partial charge in [-0.25, -0.2) is 18.0 Å². The Hall–Kier alpha value is -3.92. The van der Waals surface area contributed by atoms with Crippen molar-refractivity contribution in [1.82, 2.24) is 26.0 Å². The Morgan fingerprint density at radius 2 is 1.08 bits per heavy atom. The van der Waals surface area contributed by atoms with Crippen LogP contribution in [0.15, 0.2) is 0 Å². The molecule has 0 aromatic rings. The Morgan fingerprint density at radius 1 is 0.588 bits per heavy atom. The van der Waals surface area contributed by atoms with E-state index in [0.29, 0.717) is 26.2 Å². The molecule has 0 saturated carbocycles. The molecule has 0 bridgehead atoms. The summed E-state index contributed by atoms with van der Waals surface area (Å²) in [7, 11) is -3.80. The highest BCUT2D eigenvalue weighted by Crippen LogP contribution is 2.03. The molecule has 21 heteroatoms. The zero-order valence-electron chi connectivity index (χ0n) is 29.2. The summed E-state index contributed by atoms with van der Waals surface area (Å²) in [6.07, 6.45) is -0.617. The van der Waals surface area contributed by atoms with Crippen LogP contribution in [0.25, 0.3) is 0 Å². The number of hydrogen-bond acceptors (Lipinski definition) is 13. The summed E-state index contributed by atoms with van der Waals surface area (Å²) in [5, 5.41) is 28.4. The molecule has 0 rings (SSSR count). The predicted octanol–water partition coefficient (Wildman–Crippen LogP) is -1.97. The topological polar surface area (TPSA) is 291 Å². The number of nitrogens with one attached hydrogen (secondary N) is 5. The lowest BCUT2D eigenvalue weighted by Crippen LogP contribution is -2.45. The third kappa shape index (κ3) is 27.5. The Bertz CT molecular complexity index is 1200. The fourth-order valence-corrected chi connectivity index (χ4v) is 5.02. The van der Waals surface area contributed by atoms with Crippen molar-refractivity contribution < 1.29 is 71.1 Å². The zero-order chi connectivity index (χ0) is 38.5. The molecule has 0 spiro atoms. The third-order valence-corrected chi connectivity index (χ3v) is 7.83. The summed E-state index contributed by atoms with van der Waals surface area (Å²) in [4.78, 5) is 82.8. The molecule has 5 amide bonds. The lowest BCUT2D eigenvalue weighted by atomic mass is 10.1. The average molecular weight is 756 g/mol. The van der Waals surface area contributed by atoms with Gasteiger partial charge in [-0.1, -0.05) is 6.92 Å². The van der Waals surface area contributed by atoms with E-state index in [1.807, 2.05) is 11.6 Å². The molecule has 0 aromatic heterocycles. The minimum absolute atomic E-state index is 0.0216. The second kappa shape index (κ2) is 28.7. The van der Waals surface area contributed by atoms with Gasteiger partial charge in [-0.2, -0.15) is 0 Å². The molecule has 0 aliphatic heterocycles. The molecule has 51 heavy (non-hydrogen) atoms. The Morgan fingerprint density at radius 3 is 1.61 bits per heavy atom. The number of carboxylic acid groups (broad SMARTS) is 2. The van der Waals surface area contributed by atoms with E-state index >= 15 is 0 Å². The van der Waals surface area contributed by atoms with Crippen LogP contribution in [0.2, 0.25) is 0 Å². The first-order chi connectivity index (χ1) is 24.2. The summed E-state index contributed by atoms with van der Waals surface area (Å²) in [6, 6.07) is -2.85. The van der Waals surface area contributed by atoms with E-state index in [0.717, 1.165) is 0 Å². The molecule has 0 aromatic carbocycles. The molecule has 0 aliphatic carbocycles. The minimum atomic E-state index is -3.80. The molecule has 0 heterocycles. The van der Waals surface area contributed by atoms with E-state index in [1.165, 1.54) is 0 Å². The van der Waals surface area contributed by atoms with Gasteiger partial charge in [0.05, 0.1) is 45.4 Å². The van der Waals surface area contributed by atoms with Crippen LogP contribution in [0, 0.1) is 0 Å². The van der Waals surface area contributed by atoms with Gasteiger partial charge in [0.2, 0.25) is 39.6 Å². The molecule has 294 valence electrons. The van der Waals surface area contributed by atoms with Crippen LogP contribution in [0.1, 0.15) is 65.2 Å². The molecule has 0 aliphatic rings.